The van der Waals surface area contributed by atoms with Crippen LogP contribution in [0.4, 0.5) is 0 Å². The number of carbonyl (C=O) groups is 4. The third kappa shape index (κ3) is 3.47. The zero-order valence-electron chi connectivity index (χ0n) is 8.32. The van der Waals surface area contributed by atoms with Crippen molar-refractivity contribution in [2.75, 3.05) is 12.3 Å². The Morgan fingerprint density at radius 1 is 1.27 bits per heavy atom. The van der Waals surface area contributed by atoms with Gasteiger partial charge in [-0.15, -0.1) is 0 Å². The lowest BCUT2D eigenvalue weighted by molar-refractivity contribution is -0.140. The molecule has 0 radical (unpaired) electrons. The summed E-state index contributed by atoms with van der Waals surface area (Å²) in [5.41, 5.74) is 0. The second-order valence-corrected chi connectivity index (χ2v) is 4.27. The number of hydrogen-bond acceptors (Lipinski definition) is 5. The van der Waals surface area contributed by atoms with Gasteiger partial charge in [0, 0.05) is 12.8 Å². The van der Waals surface area contributed by atoms with E-state index < -0.39 is 0 Å². The van der Waals surface area contributed by atoms with Crippen molar-refractivity contribution in [2.24, 2.45) is 0 Å². The molecule has 2 amide bonds. The lowest BCUT2D eigenvalue weighted by atomic mass is 10.4. The minimum atomic E-state index is -0.325. The van der Waals surface area contributed by atoms with Gasteiger partial charge in [0.15, 0.2) is 0 Å². The summed E-state index contributed by atoms with van der Waals surface area (Å²) in [4.78, 5) is 45.1. The fourth-order valence-electron chi connectivity index (χ4n) is 1.16. The van der Waals surface area contributed by atoms with Crippen LogP contribution in [0.3, 0.4) is 0 Å². The summed E-state index contributed by atoms with van der Waals surface area (Å²) in [5, 5.41) is -0.325. The standard InChI is InChI=1S/C9H11NO4S/c1-6(11)5-15-9(14)4-10-7(12)2-3-8(10)13/h2-5H2,1H3. The van der Waals surface area contributed by atoms with E-state index >= 15 is 0 Å². The fourth-order valence-corrected chi connectivity index (χ4v) is 1.74. The van der Waals surface area contributed by atoms with Crippen LogP contribution in [-0.2, 0) is 19.2 Å². The topological polar surface area (TPSA) is 71.5 Å². The normalized spacial score (nSPS) is 15.9. The zero-order valence-corrected chi connectivity index (χ0v) is 9.13. The SMILES string of the molecule is CC(=O)CSC(=O)CN1C(=O)CCC1=O. The van der Waals surface area contributed by atoms with E-state index in [2.05, 4.69) is 0 Å². The van der Waals surface area contributed by atoms with E-state index in [0.717, 1.165) is 16.7 Å². The Labute approximate surface area is 91.2 Å². The van der Waals surface area contributed by atoms with E-state index in [4.69, 9.17) is 0 Å². The Bertz CT molecular complexity index is 310. The van der Waals surface area contributed by atoms with Gasteiger partial charge in [0.05, 0.1) is 12.3 Å². The Morgan fingerprint density at radius 3 is 2.27 bits per heavy atom. The van der Waals surface area contributed by atoms with Crippen molar-refractivity contribution in [3.05, 3.63) is 0 Å². The van der Waals surface area contributed by atoms with Crippen molar-refractivity contribution in [1.29, 1.82) is 0 Å². The Hall–Kier alpha value is -1.17. The van der Waals surface area contributed by atoms with Gasteiger partial charge in [0.25, 0.3) is 0 Å². The minimum absolute atomic E-state index is 0.0923. The van der Waals surface area contributed by atoms with Crippen LogP contribution in [0, 0.1) is 0 Å². The summed E-state index contributed by atoms with van der Waals surface area (Å²) in [6.45, 7) is 1.17. The monoisotopic (exact) mass is 229 g/mol. The first-order valence-electron chi connectivity index (χ1n) is 4.49. The maximum atomic E-state index is 11.3. The second-order valence-electron chi connectivity index (χ2n) is 3.24. The first kappa shape index (κ1) is 11.9. The number of rotatable bonds is 4. The predicted octanol–water partition coefficient (Wildman–Crippen LogP) is -0.0158. The number of nitrogens with zero attached hydrogens (tertiary/aromatic N) is 1. The van der Waals surface area contributed by atoms with Gasteiger partial charge in [-0.2, -0.15) is 0 Å². The third-order valence-electron chi connectivity index (χ3n) is 1.88. The van der Waals surface area contributed by atoms with Crippen molar-refractivity contribution in [2.45, 2.75) is 19.8 Å². The second kappa shape index (κ2) is 5.06. The molecule has 1 heterocycles. The van der Waals surface area contributed by atoms with Gasteiger partial charge in [-0.05, 0) is 6.92 Å². The maximum Gasteiger partial charge on any atom is 0.230 e. The molecule has 0 saturated carbocycles. The molecule has 0 bridgehead atoms. The molecular formula is C9H11NO4S. The Kier molecular flexibility index (Phi) is 4.02. The molecule has 0 spiro atoms. The van der Waals surface area contributed by atoms with Gasteiger partial charge in [0.2, 0.25) is 16.9 Å². The molecule has 0 aromatic heterocycles. The highest BCUT2D eigenvalue weighted by Gasteiger charge is 2.30. The molecule has 15 heavy (non-hydrogen) atoms. The molecule has 1 aliphatic rings. The molecule has 0 N–H and O–H groups in total. The third-order valence-corrected chi connectivity index (χ3v) is 2.88. The first-order chi connectivity index (χ1) is 7.00. The van der Waals surface area contributed by atoms with E-state index in [1.165, 1.54) is 6.92 Å². The van der Waals surface area contributed by atoms with E-state index in [-0.39, 0.29) is 47.9 Å². The molecule has 1 fully saturated rings. The average molecular weight is 229 g/mol. The average Bonchev–Trinajstić information content (AvgIpc) is 2.46. The van der Waals surface area contributed by atoms with E-state index in [1.54, 1.807) is 0 Å². The van der Waals surface area contributed by atoms with Crippen LogP contribution in [0.15, 0.2) is 0 Å². The van der Waals surface area contributed by atoms with Crippen LogP contribution in [-0.4, -0.2) is 39.9 Å². The number of amides is 2. The number of carbonyl (C=O) groups excluding carboxylic acids is 4. The molecule has 1 saturated heterocycles. The first-order valence-corrected chi connectivity index (χ1v) is 5.47. The number of likely N-dealkylation sites (tertiary alicyclic amines) is 1. The maximum absolute atomic E-state index is 11.3. The van der Waals surface area contributed by atoms with E-state index in [1.807, 2.05) is 0 Å². The number of thioether (sulfide) groups is 1. The summed E-state index contributed by atoms with van der Waals surface area (Å²) >= 11 is 0.841. The molecule has 0 unspecified atom stereocenters. The van der Waals surface area contributed by atoms with Crippen LogP contribution < -0.4 is 0 Å². The summed E-state index contributed by atoms with van der Waals surface area (Å²) in [6, 6.07) is 0. The number of hydrogen-bond donors (Lipinski definition) is 0. The van der Waals surface area contributed by atoms with Crippen molar-refractivity contribution >= 4 is 34.5 Å². The zero-order chi connectivity index (χ0) is 11.4. The van der Waals surface area contributed by atoms with Gasteiger partial charge >= 0.3 is 0 Å². The molecule has 0 aliphatic carbocycles. The highest BCUT2D eigenvalue weighted by Crippen LogP contribution is 2.13. The van der Waals surface area contributed by atoms with Crippen molar-refractivity contribution in [3.8, 4) is 0 Å². The lowest BCUT2D eigenvalue weighted by Gasteiger charge is -2.11. The molecular weight excluding hydrogens is 218 g/mol. The fraction of sp³-hybridized carbons (Fsp3) is 0.556. The van der Waals surface area contributed by atoms with E-state index in [9.17, 15) is 19.2 Å². The van der Waals surface area contributed by atoms with Gasteiger partial charge in [-0.25, -0.2) is 0 Å². The predicted molar refractivity (Wildman–Crippen MR) is 54.1 cm³/mol. The summed E-state index contributed by atoms with van der Waals surface area (Å²) in [5.74, 6) is -0.629. The molecule has 1 aliphatic heterocycles. The summed E-state index contributed by atoms with van der Waals surface area (Å²) in [6.07, 6.45) is 0.368. The van der Waals surface area contributed by atoms with E-state index in [0.29, 0.717) is 0 Å². The molecule has 0 aromatic carbocycles. The number of Topliss-reactive ketones (excluding diaryl/α,β-unsaturated/α-hetero) is 1. The summed E-state index contributed by atoms with van der Waals surface area (Å²) in [7, 11) is 0. The highest BCUT2D eigenvalue weighted by atomic mass is 32.2. The van der Waals surface area contributed by atoms with Gasteiger partial charge < -0.3 is 0 Å². The molecule has 1 rings (SSSR count). The van der Waals surface area contributed by atoms with Crippen LogP contribution in [0.5, 0.6) is 0 Å². The van der Waals surface area contributed by atoms with Crippen LogP contribution in [0.2, 0.25) is 0 Å². The molecule has 82 valence electrons. The molecule has 5 nitrogen and oxygen atoms in total. The quantitative estimate of drug-likeness (QED) is 0.634. The van der Waals surface area contributed by atoms with Crippen LogP contribution in [0.1, 0.15) is 19.8 Å². The Morgan fingerprint density at radius 2 is 1.80 bits per heavy atom. The highest BCUT2D eigenvalue weighted by molar-refractivity contribution is 8.14. The van der Waals surface area contributed by atoms with Gasteiger partial charge in [0.1, 0.15) is 5.78 Å². The van der Waals surface area contributed by atoms with Crippen LogP contribution in [0.25, 0.3) is 0 Å². The number of imide groups is 1. The Balaban J connectivity index is 2.40. The van der Waals surface area contributed by atoms with Gasteiger partial charge in [-0.1, -0.05) is 11.8 Å². The van der Waals surface area contributed by atoms with Crippen molar-refractivity contribution < 1.29 is 19.2 Å². The van der Waals surface area contributed by atoms with Crippen molar-refractivity contribution in [3.63, 3.8) is 0 Å². The molecule has 0 atom stereocenters. The summed E-state index contributed by atoms with van der Waals surface area (Å²) < 4.78 is 0. The van der Waals surface area contributed by atoms with Crippen LogP contribution >= 0.6 is 11.8 Å². The smallest absolute Gasteiger partial charge is 0.230 e. The van der Waals surface area contributed by atoms with Gasteiger partial charge in [-0.3, -0.25) is 24.1 Å². The number of ketones is 1. The molecule has 6 heteroatoms. The van der Waals surface area contributed by atoms with Crippen molar-refractivity contribution in [1.82, 2.24) is 4.90 Å². The largest absolute Gasteiger partial charge is 0.299 e. The lowest BCUT2D eigenvalue weighted by Crippen LogP contribution is -2.33. The minimum Gasteiger partial charge on any atom is -0.299 e. The molecule has 0 aromatic rings.